The number of aliphatic hydroxyl groups excluding tert-OH is 1. The number of rotatable bonds is 4. The minimum Gasteiger partial charge on any atom is -0.478 e. The van der Waals surface area contributed by atoms with E-state index in [0.717, 1.165) is 24.8 Å². The molecular formula is C20H34O4. The largest absolute Gasteiger partial charge is 0.478 e. The standard InChI is InChI=1S/C20H34O4/c1-13(11-17(22)23)7-8-14-19(4)10-6-9-18(2,3)15(19)12-16(21)20(14,5)24/h11,14-16,21,24H,6-10,12H2,1-5H3,(H,22,23)/b13-11+/t14-,15+,16+,19-,20+/m0/s1. The molecule has 0 aromatic rings. The van der Waals surface area contributed by atoms with Crippen LogP contribution in [0.5, 0.6) is 0 Å². The SMILES string of the molecule is C/C(=C\C(=O)O)CC[C@@H]1[C@@](C)(O)[C@H](O)C[C@@H]2C(C)(C)CCC[C@]21C. The van der Waals surface area contributed by atoms with E-state index >= 15 is 0 Å². The summed E-state index contributed by atoms with van der Waals surface area (Å²) in [7, 11) is 0. The summed E-state index contributed by atoms with van der Waals surface area (Å²) in [5.41, 5.74) is -0.168. The van der Waals surface area contributed by atoms with E-state index in [9.17, 15) is 15.0 Å². The summed E-state index contributed by atoms with van der Waals surface area (Å²) < 4.78 is 0. The molecule has 24 heavy (non-hydrogen) atoms. The highest BCUT2D eigenvalue weighted by Gasteiger charge is 2.60. The molecule has 0 aliphatic heterocycles. The molecule has 0 aromatic heterocycles. The first kappa shape index (κ1) is 19.5. The third kappa shape index (κ3) is 3.41. The molecule has 2 rings (SSSR count). The van der Waals surface area contributed by atoms with E-state index in [1.54, 1.807) is 6.92 Å². The van der Waals surface area contributed by atoms with Gasteiger partial charge in [-0.05, 0) is 68.6 Å². The number of aliphatic carboxylic acids is 1. The Morgan fingerprint density at radius 2 is 1.83 bits per heavy atom. The third-order valence-corrected chi connectivity index (χ3v) is 7.11. The number of aliphatic hydroxyl groups is 2. The Balaban J connectivity index is 2.31. The van der Waals surface area contributed by atoms with Crippen molar-refractivity contribution in [1.82, 2.24) is 0 Å². The Kier molecular flexibility index (Phi) is 5.23. The first-order chi connectivity index (χ1) is 10.9. The van der Waals surface area contributed by atoms with E-state index in [0.29, 0.717) is 25.2 Å². The van der Waals surface area contributed by atoms with Gasteiger partial charge in [0.15, 0.2) is 0 Å². The second-order valence-corrected chi connectivity index (χ2v) is 9.30. The summed E-state index contributed by atoms with van der Waals surface area (Å²) in [6.45, 7) is 10.4. The number of carboxylic acid groups (broad SMARTS) is 1. The van der Waals surface area contributed by atoms with Crippen LogP contribution in [-0.2, 0) is 4.79 Å². The van der Waals surface area contributed by atoms with Crippen LogP contribution in [0.1, 0.15) is 73.1 Å². The van der Waals surface area contributed by atoms with Crippen LogP contribution in [-0.4, -0.2) is 33.0 Å². The van der Waals surface area contributed by atoms with Crippen LogP contribution in [0.15, 0.2) is 11.6 Å². The second-order valence-electron chi connectivity index (χ2n) is 9.30. The minimum absolute atomic E-state index is 0.0199. The highest BCUT2D eigenvalue weighted by atomic mass is 16.4. The number of hydrogen-bond acceptors (Lipinski definition) is 3. The van der Waals surface area contributed by atoms with E-state index in [2.05, 4.69) is 20.8 Å². The van der Waals surface area contributed by atoms with Crippen LogP contribution in [0.4, 0.5) is 0 Å². The molecule has 0 amide bonds. The Labute approximate surface area is 146 Å². The number of allylic oxidation sites excluding steroid dienone is 1. The Morgan fingerprint density at radius 1 is 1.21 bits per heavy atom. The molecule has 0 heterocycles. The lowest BCUT2D eigenvalue weighted by Gasteiger charge is -2.62. The highest BCUT2D eigenvalue weighted by molar-refractivity contribution is 5.80. The van der Waals surface area contributed by atoms with Crippen molar-refractivity contribution in [2.45, 2.75) is 84.8 Å². The average molecular weight is 338 g/mol. The van der Waals surface area contributed by atoms with Gasteiger partial charge in [0.25, 0.3) is 0 Å². The van der Waals surface area contributed by atoms with Crippen molar-refractivity contribution in [3.8, 4) is 0 Å². The second kappa shape index (κ2) is 6.45. The Bertz CT molecular complexity index is 520. The van der Waals surface area contributed by atoms with E-state index in [4.69, 9.17) is 5.11 Å². The summed E-state index contributed by atoms with van der Waals surface area (Å²) in [4.78, 5) is 10.9. The Morgan fingerprint density at radius 3 is 2.42 bits per heavy atom. The molecule has 0 saturated heterocycles. The van der Waals surface area contributed by atoms with Gasteiger partial charge >= 0.3 is 5.97 Å². The smallest absolute Gasteiger partial charge is 0.328 e. The molecule has 138 valence electrons. The molecule has 0 spiro atoms. The zero-order chi connectivity index (χ0) is 18.3. The third-order valence-electron chi connectivity index (χ3n) is 7.11. The van der Waals surface area contributed by atoms with Crippen molar-refractivity contribution in [2.24, 2.45) is 22.7 Å². The van der Waals surface area contributed by atoms with E-state index in [1.807, 2.05) is 6.92 Å². The van der Waals surface area contributed by atoms with Crippen LogP contribution >= 0.6 is 0 Å². The lowest BCUT2D eigenvalue weighted by atomic mass is 9.44. The molecular weight excluding hydrogens is 304 g/mol. The molecule has 4 heteroatoms. The van der Waals surface area contributed by atoms with Crippen LogP contribution in [0.25, 0.3) is 0 Å². The number of fused-ring (bicyclic) bond motifs is 1. The maximum atomic E-state index is 11.1. The van der Waals surface area contributed by atoms with Gasteiger partial charge < -0.3 is 15.3 Å². The number of carbonyl (C=O) groups is 1. The van der Waals surface area contributed by atoms with Gasteiger partial charge in [0, 0.05) is 6.08 Å². The van der Waals surface area contributed by atoms with Gasteiger partial charge in [0.05, 0.1) is 11.7 Å². The Hall–Kier alpha value is -0.870. The monoisotopic (exact) mass is 338 g/mol. The van der Waals surface area contributed by atoms with Gasteiger partial charge in [-0.1, -0.05) is 32.8 Å². The fourth-order valence-corrected chi connectivity index (χ4v) is 5.81. The maximum absolute atomic E-state index is 11.1. The number of hydrogen-bond donors (Lipinski definition) is 3. The predicted octanol–water partition coefficient (Wildman–Crippen LogP) is 3.76. The molecule has 2 aliphatic rings. The summed E-state index contributed by atoms with van der Waals surface area (Å²) in [5, 5.41) is 30.6. The first-order valence-corrected chi connectivity index (χ1v) is 9.22. The summed E-state index contributed by atoms with van der Waals surface area (Å²) >= 11 is 0. The first-order valence-electron chi connectivity index (χ1n) is 9.22. The molecule has 0 aromatic carbocycles. The van der Waals surface area contributed by atoms with Crippen molar-refractivity contribution in [2.75, 3.05) is 0 Å². The van der Waals surface area contributed by atoms with Gasteiger partial charge in [-0.2, -0.15) is 0 Å². The van der Waals surface area contributed by atoms with Crippen molar-refractivity contribution in [3.05, 3.63) is 11.6 Å². The van der Waals surface area contributed by atoms with Crippen LogP contribution in [0.2, 0.25) is 0 Å². The van der Waals surface area contributed by atoms with Crippen LogP contribution < -0.4 is 0 Å². The molecule has 4 nitrogen and oxygen atoms in total. The molecule has 0 radical (unpaired) electrons. The fourth-order valence-electron chi connectivity index (χ4n) is 5.81. The average Bonchev–Trinajstić information content (AvgIpc) is 2.40. The van der Waals surface area contributed by atoms with Gasteiger partial charge in [-0.15, -0.1) is 0 Å². The zero-order valence-electron chi connectivity index (χ0n) is 15.8. The van der Waals surface area contributed by atoms with Crippen molar-refractivity contribution >= 4 is 5.97 Å². The van der Waals surface area contributed by atoms with Crippen molar-refractivity contribution < 1.29 is 20.1 Å². The van der Waals surface area contributed by atoms with Crippen LogP contribution in [0, 0.1) is 22.7 Å². The molecule has 3 N–H and O–H groups in total. The van der Waals surface area contributed by atoms with E-state index in [1.165, 1.54) is 6.08 Å². The molecule has 2 fully saturated rings. The summed E-state index contributed by atoms with van der Waals surface area (Å²) in [5.74, 6) is -0.580. The van der Waals surface area contributed by atoms with Gasteiger partial charge in [0.1, 0.15) is 0 Å². The topological polar surface area (TPSA) is 77.8 Å². The lowest BCUT2D eigenvalue weighted by molar-refractivity contribution is -0.220. The van der Waals surface area contributed by atoms with Crippen molar-refractivity contribution in [1.29, 1.82) is 0 Å². The highest BCUT2D eigenvalue weighted by Crippen LogP contribution is 2.62. The molecule has 2 aliphatic carbocycles. The summed E-state index contributed by atoms with van der Waals surface area (Å²) in [6.07, 6.45) is 5.90. The summed E-state index contributed by atoms with van der Waals surface area (Å²) in [6, 6.07) is 0. The quantitative estimate of drug-likeness (QED) is 0.682. The molecule has 0 bridgehead atoms. The minimum atomic E-state index is -1.12. The maximum Gasteiger partial charge on any atom is 0.328 e. The van der Waals surface area contributed by atoms with Crippen LogP contribution in [0.3, 0.4) is 0 Å². The predicted molar refractivity (Wildman–Crippen MR) is 94.6 cm³/mol. The van der Waals surface area contributed by atoms with Gasteiger partial charge in [0.2, 0.25) is 0 Å². The van der Waals surface area contributed by atoms with Gasteiger partial charge in [-0.25, -0.2) is 4.79 Å². The van der Waals surface area contributed by atoms with Gasteiger partial charge in [-0.3, -0.25) is 0 Å². The molecule has 0 unspecified atom stereocenters. The molecule has 2 saturated carbocycles. The normalized spacial score (nSPS) is 42.5. The lowest BCUT2D eigenvalue weighted by Crippen LogP contribution is -2.63. The van der Waals surface area contributed by atoms with E-state index in [-0.39, 0.29) is 16.7 Å². The fraction of sp³-hybridized carbons (Fsp3) is 0.850. The van der Waals surface area contributed by atoms with E-state index < -0.39 is 17.7 Å². The van der Waals surface area contributed by atoms with Crippen molar-refractivity contribution in [3.63, 3.8) is 0 Å². The number of carboxylic acids is 1. The zero-order valence-corrected chi connectivity index (χ0v) is 15.8. The molecule has 5 atom stereocenters.